The lowest BCUT2D eigenvalue weighted by Gasteiger charge is -2.34. The third-order valence-electron chi connectivity index (χ3n) is 6.63. The van der Waals surface area contributed by atoms with Gasteiger partial charge in [0, 0.05) is 49.0 Å². The minimum atomic E-state index is -3.68. The maximum Gasteiger partial charge on any atom is 0.257 e. The van der Waals surface area contributed by atoms with Crippen LogP contribution in [0.1, 0.15) is 50.9 Å². The number of thiophene rings is 1. The van der Waals surface area contributed by atoms with Gasteiger partial charge in [-0.15, -0.1) is 11.3 Å². The topological polar surface area (TPSA) is 79.7 Å². The summed E-state index contributed by atoms with van der Waals surface area (Å²) in [5.41, 5.74) is 2.43. The molecule has 0 bridgehead atoms. The Morgan fingerprint density at radius 3 is 2.21 bits per heavy atom. The van der Waals surface area contributed by atoms with E-state index in [0.717, 1.165) is 36.2 Å². The zero-order valence-corrected chi connectivity index (χ0v) is 20.7. The van der Waals surface area contributed by atoms with E-state index in [2.05, 4.69) is 0 Å². The maximum atomic E-state index is 13.7. The van der Waals surface area contributed by atoms with E-state index in [1.165, 1.54) is 45.9 Å². The molecule has 1 saturated heterocycles. The molecule has 3 heterocycles. The van der Waals surface area contributed by atoms with E-state index in [9.17, 15) is 18.0 Å². The first-order chi connectivity index (χ1) is 16.4. The first kappa shape index (κ1) is 23.0. The van der Waals surface area contributed by atoms with Crippen LogP contribution in [0.15, 0.2) is 53.7 Å². The molecular formula is C25H27N3O4S2. The van der Waals surface area contributed by atoms with Crippen LogP contribution in [0.2, 0.25) is 0 Å². The summed E-state index contributed by atoms with van der Waals surface area (Å²) in [7, 11) is -3.68. The summed E-state index contributed by atoms with van der Waals surface area (Å²) in [4.78, 5) is 28.4. The van der Waals surface area contributed by atoms with Gasteiger partial charge >= 0.3 is 0 Å². The van der Waals surface area contributed by atoms with E-state index in [1.54, 1.807) is 16.2 Å². The third-order valence-corrected chi connectivity index (χ3v) is 9.85. The van der Waals surface area contributed by atoms with Gasteiger partial charge < -0.3 is 9.47 Å². The Morgan fingerprint density at radius 2 is 1.56 bits per heavy atom. The molecule has 178 valence electrons. The summed E-state index contributed by atoms with van der Waals surface area (Å²) in [6.45, 7) is 2.63. The van der Waals surface area contributed by atoms with Crippen LogP contribution < -0.4 is 0 Å². The smallest absolute Gasteiger partial charge is 0.257 e. The molecule has 7 nitrogen and oxygen atoms in total. The first-order valence-corrected chi connectivity index (χ1v) is 13.8. The number of piperazine rings is 1. The molecule has 1 amide bonds. The number of sulfonamides is 1. The number of amides is 1. The second-order valence-corrected chi connectivity index (χ2v) is 11.8. The molecular weight excluding hydrogens is 470 g/mol. The minimum absolute atomic E-state index is 0.00837. The molecule has 2 aliphatic rings. The first-order valence-electron chi connectivity index (χ1n) is 11.5. The fraction of sp³-hybridized carbons (Fsp3) is 0.360. The number of aryl methyl sites for hydroxylation is 1. The number of aromatic nitrogens is 1. The molecule has 34 heavy (non-hydrogen) atoms. The zero-order valence-electron chi connectivity index (χ0n) is 19.1. The Balaban J connectivity index is 1.35. The molecule has 1 aliphatic heterocycles. The summed E-state index contributed by atoms with van der Waals surface area (Å²) in [5, 5.41) is 0.961. The van der Waals surface area contributed by atoms with Crippen LogP contribution in [0.25, 0.3) is 5.00 Å². The second kappa shape index (κ2) is 9.13. The van der Waals surface area contributed by atoms with Gasteiger partial charge in [-0.3, -0.25) is 9.59 Å². The van der Waals surface area contributed by atoms with Crippen molar-refractivity contribution in [1.29, 1.82) is 0 Å². The zero-order chi connectivity index (χ0) is 23.9. The van der Waals surface area contributed by atoms with Gasteiger partial charge in [-0.1, -0.05) is 12.1 Å². The predicted molar refractivity (Wildman–Crippen MR) is 131 cm³/mol. The largest absolute Gasteiger partial charge is 0.336 e. The van der Waals surface area contributed by atoms with E-state index in [-0.39, 0.29) is 29.7 Å². The van der Waals surface area contributed by atoms with Crippen molar-refractivity contribution in [2.75, 3.05) is 26.2 Å². The van der Waals surface area contributed by atoms with Crippen molar-refractivity contribution >= 4 is 33.1 Å². The number of rotatable bonds is 5. The van der Waals surface area contributed by atoms with Gasteiger partial charge in [-0.05, 0) is 62.4 Å². The lowest BCUT2D eigenvalue weighted by molar-refractivity contribution is 0.0697. The fourth-order valence-corrected chi connectivity index (χ4v) is 7.49. The number of nitrogens with zero attached hydrogens (tertiary/aromatic N) is 3. The molecule has 1 aliphatic carbocycles. The van der Waals surface area contributed by atoms with Gasteiger partial charge in [-0.2, -0.15) is 4.31 Å². The average Bonchev–Trinajstić information content (AvgIpc) is 3.52. The van der Waals surface area contributed by atoms with E-state index < -0.39 is 10.0 Å². The quantitative estimate of drug-likeness (QED) is 0.503. The Hall–Kier alpha value is -2.75. The van der Waals surface area contributed by atoms with Crippen molar-refractivity contribution in [3.8, 4) is 5.00 Å². The van der Waals surface area contributed by atoms with Crippen molar-refractivity contribution in [1.82, 2.24) is 13.8 Å². The van der Waals surface area contributed by atoms with E-state index >= 15 is 0 Å². The van der Waals surface area contributed by atoms with Crippen LogP contribution in [0.3, 0.4) is 0 Å². The standard InChI is InChI=1S/C25H27N3O4S2/c1-18(29)19-8-10-20(11-9-19)34(31,32)28-16-14-26(15-17-28)24(30)23-21-6-2-3-7-22(21)33-25(23)27-12-4-5-13-27/h4-5,8-13H,2-3,6-7,14-17H2,1H3. The molecule has 0 radical (unpaired) electrons. The molecule has 0 spiro atoms. The fourth-order valence-electron chi connectivity index (χ4n) is 4.72. The van der Waals surface area contributed by atoms with Gasteiger partial charge in [-0.25, -0.2) is 8.42 Å². The molecule has 0 saturated carbocycles. The van der Waals surface area contributed by atoms with Crippen LogP contribution in [-0.4, -0.2) is 60.1 Å². The highest BCUT2D eigenvalue weighted by atomic mass is 32.2. The minimum Gasteiger partial charge on any atom is -0.336 e. The van der Waals surface area contributed by atoms with Crippen molar-refractivity contribution in [2.24, 2.45) is 0 Å². The summed E-state index contributed by atoms with van der Waals surface area (Å²) >= 11 is 1.70. The Labute approximate surface area is 203 Å². The molecule has 1 fully saturated rings. The van der Waals surface area contributed by atoms with Crippen molar-refractivity contribution < 1.29 is 18.0 Å². The Bertz CT molecular complexity index is 1320. The number of fused-ring (bicyclic) bond motifs is 1. The summed E-state index contributed by atoms with van der Waals surface area (Å²) in [5.74, 6) is -0.114. The highest BCUT2D eigenvalue weighted by Crippen LogP contribution is 2.38. The molecule has 5 rings (SSSR count). The van der Waals surface area contributed by atoms with Crippen molar-refractivity contribution in [2.45, 2.75) is 37.5 Å². The third kappa shape index (κ3) is 4.12. The maximum absolute atomic E-state index is 13.7. The number of Topliss-reactive ketones (excluding diaryl/α,β-unsaturated/α-hetero) is 1. The average molecular weight is 498 g/mol. The second-order valence-electron chi connectivity index (χ2n) is 8.76. The predicted octanol–water partition coefficient (Wildman–Crippen LogP) is 3.77. The van der Waals surface area contributed by atoms with Gasteiger partial charge in [0.05, 0.1) is 10.5 Å². The number of benzene rings is 1. The van der Waals surface area contributed by atoms with Crippen LogP contribution in [0.4, 0.5) is 0 Å². The number of carbonyl (C=O) groups excluding carboxylic acids is 2. The summed E-state index contributed by atoms with van der Waals surface area (Å²) < 4.78 is 29.7. The van der Waals surface area contributed by atoms with Crippen LogP contribution in [-0.2, 0) is 22.9 Å². The van der Waals surface area contributed by atoms with Crippen LogP contribution >= 0.6 is 11.3 Å². The highest BCUT2D eigenvalue weighted by molar-refractivity contribution is 7.89. The molecule has 0 N–H and O–H groups in total. The van der Waals surface area contributed by atoms with Gasteiger partial charge in [0.15, 0.2) is 5.78 Å². The van der Waals surface area contributed by atoms with Crippen LogP contribution in [0, 0.1) is 0 Å². The van der Waals surface area contributed by atoms with E-state index in [0.29, 0.717) is 18.7 Å². The molecule has 9 heteroatoms. The SMILES string of the molecule is CC(=O)c1ccc(S(=O)(=O)N2CCN(C(=O)c3c(-n4cccc4)sc4c3CCCC4)CC2)cc1. The Kier molecular flexibility index (Phi) is 6.18. The number of hydrogen-bond donors (Lipinski definition) is 0. The monoisotopic (exact) mass is 497 g/mol. The molecule has 3 aromatic rings. The van der Waals surface area contributed by atoms with Gasteiger partial charge in [0.25, 0.3) is 5.91 Å². The van der Waals surface area contributed by atoms with Crippen molar-refractivity contribution in [3.05, 3.63) is 70.4 Å². The van der Waals surface area contributed by atoms with Gasteiger partial charge in [0.2, 0.25) is 10.0 Å². The lowest BCUT2D eigenvalue weighted by atomic mass is 9.95. The molecule has 2 aromatic heterocycles. The molecule has 0 atom stereocenters. The highest BCUT2D eigenvalue weighted by Gasteiger charge is 2.34. The molecule has 1 aromatic carbocycles. The number of carbonyl (C=O) groups is 2. The van der Waals surface area contributed by atoms with E-state index in [1.807, 2.05) is 29.1 Å². The van der Waals surface area contributed by atoms with Gasteiger partial charge in [0.1, 0.15) is 5.00 Å². The molecule has 0 unspecified atom stereocenters. The normalized spacial score (nSPS) is 16.9. The number of hydrogen-bond acceptors (Lipinski definition) is 5. The van der Waals surface area contributed by atoms with Crippen molar-refractivity contribution in [3.63, 3.8) is 0 Å². The Morgan fingerprint density at radius 1 is 0.912 bits per heavy atom. The summed E-state index contributed by atoms with van der Waals surface area (Å²) in [6.07, 6.45) is 8.10. The number of ketones is 1. The summed E-state index contributed by atoms with van der Waals surface area (Å²) in [6, 6.07) is 9.95. The van der Waals surface area contributed by atoms with Crippen LogP contribution in [0.5, 0.6) is 0 Å². The van der Waals surface area contributed by atoms with E-state index in [4.69, 9.17) is 0 Å². The lowest BCUT2D eigenvalue weighted by Crippen LogP contribution is -2.50.